The molecule has 4 N–H and O–H groups in total. The summed E-state index contributed by atoms with van der Waals surface area (Å²) in [6.07, 6.45) is 1.05. The summed E-state index contributed by atoms with van der Waals surface area (Å²) in [5.74, 6) is 0.484. The third-order valence-corrected chi connectivity index (χ3v) is 15.9. The predicted molar refractivity (Wildman–Crippen MR) is 284 cm³/mol. The van der Waals surface area contributed by atoms with Gasteiger partial charge in [-0.3, -0.25) is 28.8 Å². The summed E-state index contributed by atoms with van der Waals surface area (Å²) in [6.45, 7) is 25.8. The highest BCUT2D eigenvalue weighted by atomic mass is 16.7. The lowest BCUT2D eigenvalue weighted by Crippen LogP contribution is -2.53. The van der Waals surface area contributed by atoms with Crippen molar-refractivity contribution in [3.63, 3.8) is 0 Å². The van der Waals surface area contributed by atoms with Crippen LogP contribution in [0.3, 0.4) is 0 Å². The van der Waals surface area contributed by atoms with E-state index in [0.717, 1.165) is 0 Å². The minimum absolute atomic E-state index is 0.00138. The van der Waals surface area contributed by atoms with Crippen molar-refractivity contribution in [1.82, 2.24) is 10.6 Å². The van der Waals surface area contributed by atoms with Gasteiger partial charge in [-0.2, -0.15) is 0 Å². The minimum atomic E-state index is -1.15. The summed E-state index contributed by atoms with van der Waals surface area (Å²) in [5.41, 5.74) is 5.62. The monoisotopic (exact) mass is 1100 g/mol. The van der Waals surface area contributed by atoms with Crippen molar-refractivity contribution in [3.8, 4) is 0 Å². The molecule has 3 aliphatic heterocycles. The average molecular weight is 1100 g/mol. The summed E-state index contributed by atoms with van der Waals surface area (Å²) >= 11 is 0. The first-order chi connectivity index (χ1) is 36.5. The lowest BCUT2D eigenvalue weighted by Gasteiger charge is -2.43. The Balaban J connectivity index is 1.39. The van der Waals surface area contributed by atoms with Crippen molar-refractivity contribution < 1.29 is 85.6 Å². The van der Waals surface area contributed by atoms with Gasteiger partial charge in [-0.1, -0.05) is 62.3 Å². The molecule has 77 heavy (non-hydrogen) atoms. The molecule has 0 aromatic carbocycles. The number of nitrogens with two attached hydrogens (primary N) is 1. The van der Waals surface area contributed by atoms with Crippen LogP contribution < -0.4 is 16.4 Å². The Hall–Kier alpha value is -3.38. The average Bonchev–Trinajstić information content (AvgIpc) is 3.38. The van der Waals surface area contributed by atoms with Crippen molar-refractivity contribution in [3.05, 3.63) is 0 Å². The minimum Gasteiger partial charge on any atom is -0.463 e. The Morgan fingerprint density at radius 2 is 0.740 bits per heavy atom. The van der Waals surface area contributed by atoms with Gasteiger partial charge in [0.2, 0.25) is 11.8 Å². The molecule has 0 saturated carbocycles. The maximum atomic E-state index is 12.8. The van der Waals surface area contributed by atoms with Gasteiger partial charge < -0.3 is 73.2 Å². The summed E-state index contributed by atoms with van der Waals surface area (Å²) in [4.78, 5) is 72.4. The number of unbranched alkanes of at least 4 members (excludes halogenated alkanes) is 1. The van der Waals surface area contributed by atoms with Gasteiger partial charge in [0.15, 0.2) is 18.9 Å². The predicted octanol–water partition coefficient (Wildman–Crippen LogP) is 5.29. The maximum Gasteiger partial charge on any atom is 0.302 e. The number of carbonyl (C=O) groups is 6. The van der Waals surface area contributed by atoms with Crippen molar-refractivity contribution in [2.75, 3.05) is 92.4 Å². The number of rotatable bonds is 37. The summed E-state index contributed by atoms with van der Waals surface area (Å²) in [7, 11) is 0. The van der Waals surface area contributed by atoms with E-state index in [9.17, 15) is 28.8 Å². The van der Waals surface area contributed by atoms with Crippen LogP contribution in [0.25, 0.3) is 0 Å². The van der Waals surface area contributed by atoms with Gasteiger partial charge in [0.1, 0.15) is 25.6 Å². The lowest BCUT2D eigenvalue weighted by atomic mass is 9.79. The van der Waals surface area contributed by atoms with E-state index in [2.05, 4.69) is 72.9 Å². The molecule has 15 atom stereocenters. The second kappa shape index (κ2) is 36.1. The first-order valence-corrected chi connectivity index (χ1v) is 28.3. The van der Waals surface area contributed by atoms with Crippen LogP contribution in [0.4, 0.5) is 0 Å². The van der Waals surface area contributed by atoms with Gasteiger partial charge in [0, 0.05) is 83.9 Å². The number of ether oxygens (including phenoxy) is 12. The van der Waals surface area contributed by atoms with Crippen LogP contribution >= 0.6 is 0 Å². The van der Waals surface area contributed by atoms with Gasteiger partial charge in [-0.05, 0) is 61.2 Å². The number of carbonyl (C=O) groups excluding carboxylic acids is 6. The second-order valence-electron chi connectivity index (χ2n) is 22.1. The van der Waals surface area contributed by atoms with Crippen LogP contribution in [0.5, 0.6) is 0 Å². The first kappa shape index (κ1) is 67.9. The lowest BCUT2D eigenvalue weighted by molar-refractivity contribution is -0.255. The summed E-state index contributed by atoms with van der Waals surface area (Å²) < 4.78 is 70.0. The van der Waals surface area contributed by atoms with Gasteiger partial charge in [-0.25, -0.2) is 0 Å². The molecular weight excluding hydrogens is 1000 g/mol. The Morgan fingerprint density at radius 3 is 1.08 bits per heavy atom. The number of ketones is 1. The van der Waals surface area contributed by atoms with Gasteiger partial charge in [-0.15, -0.1) is 0 Å². The van der Waals surface area contributed by atoms with Crippen molar-refractivity contribution in [1.29, 1.82) is 0 Å². The molecule has 21 heteroatoms. The molecule has 3 aliphatic rings. The summed E-state index contributed by atoms with van der Waals surface area (Å²) in [6, 6.07) is 0. The molecule has 3 saturated heterocycles. The third kappa shape index (κ3) is 25.3. The van der Waals surface area contributed by atoms with E-state index in [0.29, 0.717) is 82.8 Å². The maximum absolute atomic E-state index is 12.8. The third-order valence-electron chi connectivity index (χ3n) is 15.9. The molecule has 21 nitrogen and oxygen atoms in total. The molecule has 0 aromatic heterocycles. The molecule has 0 bridgehead atoms. The summed E-state index contributed by atoms with van der Waals surface area (Å²) in [5, 5.41) is 5.78. The Kier molecular flexibility index (Phi) is 31.8. The van der Waals surface area contributed by atoms with Crippen LogP contribution in [0.2, 0.25) is 0 Å². The molecule has 0 aromatic rings. The quantitative estimate of drug-likeness (QED) is 0.0405. The van der Waals surface area contributed by atoms with Crippen LogP contribution in [0, 0.1) is 53.3 Å². The number of hydrogen-bond donors (Lipinski definition) is 3. The van der Waals surface area contributed by atoms with Crippen LogP contribution in [0.15, 0.2) is 0 Å². The highest BCUT2D eigenvalue weighted by Gasteiger charge is 2.42. The molecule has 446 valence electrons. The highest BCUT2D eigenvalue weighted by Crippen LogP contribution is 2.38. The molecule has 6 unspecified atom stereocenters. The highest BCUT2D eigenvalue weighted by molar-refractivity contribution is 5.78. The number of esters is 3. The van der Waals surface area contributed by atoms with E-state index in [4.69, 9.17) is 62.6 Å². The Morgan fingerprint density at radius 1 is 0.416 bits per heavy atom. The van der Waals surface area contributed by atoms with Crippen LogP contribution in [-0.2, 0) is 85.6 Å². The topological polar surface area (TPSA) is 263 Å². The number of hydrogen-bond acceptors (Lipinski definition) is 19. The van der Waals surface area contributed by atoms with E-state index in [-0.39, 0.29) is 168 Å². The fourth-order valence-corrected chi connectivity index (χ4v) is 9.59. The van der Waals surface area contributed by atoms with E-state index in [1.807, 2.05) is 0 Å². The number of nitrogens with one attached hydrogen (secondary N) is 2. The van der Waals surface area contributed by atoms with Crippen LogP contribution in [0.1, 0.15) is 134 Å². The zero-order valence-corrected chi connectivity index (χ0v) is 48.6. The smallest absolute Gasteiger partial charge is 0.302 e. The number of amides is 2. The Bertz CT molecular complexity index is 1570. The van der Waals surface area contributed by atoms with E-state index < -0.39 is 24.4 Å². The van der Waals surface area contributed by atoms with Gasteiger partial charge in [0.25, 0.3) is 0 Å². The van der Waals surface area contributed by atoms with Gasteiger partial charge >= 0.3 is 17.9 Å². The van der Waals surface area contributed by atoms with E-state index in [1.54, 1.807) is 0 Å². The molecular formula is C56H99N3O18. The molecule has 3 heterocycles. The normalized spacial score (nSPS) is 30.2. The van der Waals surface area contributed by atoms with E-state index in [1.165, 1.54) is 20.8 Å². The molecule has 0 spiro atoms. The SMILES string of the molecule is CC(=O)OCC1O[C@@H](OCCCCC(=O)CCOCC(N)(COCCC(=O)NCCCO[C@@H]2OC(COC(C)=O)[C@H](C)[C@H](C)C2C)COCCC(=O)NCCCO[C@@H]2OC(COC(C)=O)[C@H](C)[C@H](C)C2C)C(C)[C@@H](C)[C@H]1C. The molecule has 2 amide bonds. The Labute approximate surface area is 459 Å². The van der Waals surface area contributed by atoms with E-state index >= 15 is 0 Å². The largest absolute Gasteiger partial charge is 0.463 e. The van der Waals surface area contributed by atoms with Gasteiger partial charge in [0.05, 0.1) is 76.7 Å². The first-order valence-electron chi connectivity index (χ1n) is 28.3. The number of Topliss-reactive ketones (excluding diaryl/α,β-unsaturated/α-hetero) is 1. The fourth-order valence-electron chi connectivity index (χ4n) is 9.59. The second-order valence-corrected chi connectivity index (χ2v) is 22.1. The standard InChI is InChI=1S/C56H99N3O18/c1-35-38(4)48(29-72-44(10)60)75-53(41(35)7)69-23-14-13-17-47(63)18-26-66-32-56(57,33-67-27-19-51(64)58-21-15-24-70-54-42(8)36(2)39(5)49(76-54)30-73-45(11)61)34-68-28-20-52(65)59-22-16-25-71-55-43(9)37(3)40(6)50(77-55)31-74-46(12)62/h35-43,48-50,53-55H,13-34,57H2,1-12H3,(H,58,64)(H,59,65)/t35-,36-,37-,38+,39+,40+,41?,42?,43?,48?,49?,50?,53+,54+,55+,56?/m0/s1. The van der Waals surface area contributed by atoms with Crippen molar-refractivity contribution in [2.45, 2.75) is 177 Å². The fraction of sp³-hybridized carbons (Fsp3) is 0.893. The van der Waals surface area contributed by atoms with Crippen molar-refractivity contribution >= 4 is 35.5 Å². The molecule has 3 rings (SSSR count). The van der Waals surface area contributed by atoms with Crippen LogP contribution in [-0.4, -0.2) is 171 Å². The molecule has 0 aliphatic carbocycles. The van der Waals surface area contributed by atoms with Crippen molar-refractivity contribution in [2.24, 2.45) is 59.0 Å². The zero-order chi connectivity index (χ0) is 57.1. The molecule has 0 radical (unpaired) electrons. The molecule has 3 fully saturated rings. The zero-order valence-electron chi connectivity index (χ0n) is 48.6.